The predicted molar refractivity (Wildman–Crippen MR) is 149 cm³/mol. The molecule has 6 rings (SSSR count). The summed E-state index contributed by atoms with van der Waals surface area (Å²) in [5.74, 6) is 0. The molecule has 2 nitrogen and oxygen atoms in total. The van der Waals surface area contributed by atoms with Crippen molar-refractivity contribution in [1.29, 1.82) is 0 Å². The molecule has 0 spiro atoms. The molecule has 6 aromatic rings. The molecule has 0 unspecified atom stereocenters. The van der Waals surface area contributed by atoms with E-state index in [2.05, 4.69) is 115 Å². The van der Waals surface area contributed by atoms with Crippen LogP contribution in [0.25, 0.3) is 32.7 Å². The molecule has 0 amide bonds. The van der Waals surface area contributed by atoms with Crippen molar-refractivity contribution in [2.45, 2.75) is 0 Å². The zero-order chi connectivity index (χ0) is 23.6. The molecule has 166 valence electrons. The van der Waals surface area contributed by atoms with Crippen LogP contribution in [0.4, 0.5) is 11.4 Å². The van der Waals surface area contributed by atoms with Gasteiger partial charge in [-0.15, -0.1) is 0 Å². The zero-order valence-corrected chi connectivity index (χ0v) is 19.2. The fourth-order valence-corrected chi connectivity index (χ4v) is 4.79. The van der Waals surface area contributed by atoms with Crippen molar-refractivity contribution in [2.75, 3.05) is 5.73 Å². The molecule has 0 bridgehead atoms. The second-order valence-electron chi connectivity index (χ2n) is 8.62. The molecule has 0 aromatic heterocycles. The maximum Gasteiger partial charge on any atom is 0.0781 e. The van der Waals surface area contributed by atoms with Crippen LogP contribution in [0.1, 0.15) is 11.1 Å². The molecule has 0 saturated heterocycles. The minimum absolute atomic E-state index is 0.748. The van der Waals surface area contributed by atoms with Gasteiger partial charge in [0.2, 0.25) is 0 Å². The van der Waals surface area contributed by atoms with Crippen LogP contribution in [0, 0.1) is 0 Å². The smallest absolute Gasteiger partial charge is 0.0781 e. The van der Waals surface area contributed by atoms with Gasteiger partial charge in [-0.05, 0) is 33.7 Å². The van der Waals surface area contributed by atoms with E-state index in [9.17, 15) is 0 Å². The quantitative estimate of drug-likeness (QED) is 0.213. The molecule has 0 radical (unpaired) electrons. The molecule has 0 aliphatic heterocycles. The fraction of sp³-hybridized carbons (Fsp3) is 0. The molecule has 0 atom stereocenters. The SMILES string of the molecule is Nc1ccc2ccccc2c1-c1c(N=C(c2ccccc2)c2ccccc2)ccc2ccccc12. The van der Waals surface area contributed by atoms with E-state index >= 15 is 0 Å². The van der Waals surface area contributed by atoms with Gasteiger partial charge in [0.05, 0.1) is 11.4 Å². The van der Waals surface area contributed by atoms with Crippen molar-refractivity contribution in [3.05, 3.63) is 145 Å². The summed E-state index contributed by atoms with van der Waals surface area (Å²) in [5.41, 5.74) is 13.5. The minimum atomic E-state index is 0.748. The maximum absolute atomic E-state index is 6.68. The first-order chi connectivity index (χ1) is 17.3. The molecule has 0 aliphatic carbocycles. The third-order valence-electron chi connectivity index (χ3n) is 6.44. The molecule has 35 heavy (non-hydrogen) atoms. The van der Waals surface area contributed by atoms with E-state index in [0.717, 1.165) is 60.9 Å². The molecule has 2 N–H and O–H groups in total. The Bertz CT molecular complexity index is 1640. The lowest BCUT2D eigenvalue weighted by Crippen LogP contribution is -2.03. The van der Waals surface area contributed by atoms with Gasteiger partial charge >= 0.3 is 0 Å². The van der Waals surface area contributed by atoms with Gasteiger partial charge in [0.15, 0.2) is 0 Å². The first kappa shape index (κ1) is 20.9. The number of aliphatic imine (C=N–C) groups is 1. The molecule has 0 saturated carbocycles. The Morgan fingerprint density at radius 3 is 1.54 bits per heavy atom. The second-order valence-corrected chi connectivity index (χ2v) is 8.62. The van der Waals surface area contributed by atoms with E-state index in [0.29, 0.717) is 0 Å². The number of nitrogens with two attached hydrogens (primary N) is 1. The average Bonchev–Trinajstić information content (AvgIpc) is 2.93. The zero-order valence-electron chi connectivity index (χ0n) is 19.2. The monoisotopic (exact) mass is 448 g/mol. The summed E-state index contributed by atoms with van der Waals surface area (Å²) in [4.78, 5) is 5.33. The van der Waals surface area contributed by atoms with Crippen LogP contribution in [0.15, 0.2) is 138 Å². The molecule has 0 heterocycles. The summed E-state index contributed by atoms with van der Waals surface area (Å²) in [6.07, 6.45) is 0. The Hall–Kier alpha value is -4.69. The van der Waals surface area contributed by atoms with E-state index in [1.165, 1.54) is 0 Å². The predicted octanol–water partition coefficient (Wildman–Crippen LogP) is 8.41. The standard InChI is InChI=1S/C33H24N2/c34-29-21-19-23-11-7-9-17-27(23)31(29)32-28-18-10-8-12-24(28)20-22-30(32)35-33(25-13-3-1-4-14-25)26-15-5-2-6-16-26/h1-22H,34H2. The first-order valence-electron chi connectivity index (χ1n) is 11.8. The number of benzene rings is 6. The molecule has 0 fully saturated rings. The number of anilines is 1. The number of nitrogen functional groups attached to an aromatic ring is 1. The summed E-state index contributed by atoms with van der Waals surface area (Å²) in [6, 6.07) is 45.9. The maximum atomic E-state index is 6.68. The summed E-state index contributed by atoms with van der Waals surface area (Å²) >= 11 is 0. The minimum Gasteiger partial charge on any atom is -0.398 e. The van der Waals surface area contributed by atoms with Gasteiger partial charge in [0, 0.05) is 27.9 Å². The normalized spacial score (nSPS) is 11.0. The van der Waals surface area contributed by atoms with E-state index in [4.69, 9.17) is 10.7 Å². The highest BCUT2D eigenvalue weighted by Crippen LogP contribution is 2.44. The topological polar surface area (TPSA) is 38.4 Å². The summed E-state index contributed by atoms with van der Waals surface area (Å²) in [7, 11) is 0. The molecule has 6 aromatic carbocycles. The van der Waals surface area contributed by atoms with Crippen LogP contribution >= 0.6 is 0 Å². The third-order valence-corrected chi connectivity index (χ3v) is 6.44. The lowest BCUT2D eigenvalue weighted by Gasteiger charge is -2.17. The number of rotatable bonds is 4. The van der Waals surface area contributed by atoms with Crippen LogP contribution in [0.3, 0.4) is 0 Å². The molecule has 2 heteroatoms. The Morgan fingerprint density at radius 1 is 0.457 bits per heavy atom. The summed E-state index contributed by atoms with van der Waals surface area (Å²) in [6.45, 7) is 0. The number of hydrogen-bond acceptors (Lipinski definition) is 2. The Balaban J connectivity index is 1.72. The van der Waals surface area contributed by atoms with Gasteiger partial charge in [-0.2, -0.15) is 0 Å². The van der Waals surface area contributed by atoms with Crippen molar-refractivity contribution in [1.82, 2.24) is 0 Å². The van der Waals surface area contributed by atoms with Crippen LogP contribution < -0.4 is 5.73 Å². The Kier molecular flexibility index (Phi) is 5.32. The Labute approximate surface area is 205 Å². The largest absolute Gasteiger partial charge is 0.398 e. The highest BCUT2D eigenvalue weighted by Gasteiger charge is 2.17. The van der Waals surface area contributed by atoms with Gasteiger partial charge in [-0.1, -0.05) is 121 Å². The lowest BCUT2D eigenvalue weighted by atomic mass is 9.91. The van der Waals surface area contributed by atoms with Gasteiger partial charge in [0.1, 0.15) is 0 Å². The van der Waals surface area contributed by atoms with Crippen LogP contribution in [0.2, 0.25) is 0 Å². The number of hydrogen-bond donors (Lipinski definition) is 1. The van der Waals surface area contributed by atoms with Crippen LogP contribution in [-0.4, -0.2) is 5.71 Å². The van der Waals surface area contributed by atoms with Crippen molar-refractivity contribution in [2.24, 2.45) is 4.99 Å². The first-order valence-corrected chi connectivity index (χ1v) is 11.8. The van der Waals surface area contributed by atoms with E-state index < -0.39 is 0 Å². The van der Waals surface area contributed by atoms with Crippen LogP contribution in [-0.2, 0) is 0 Å². The number of nitrogens with zero attached hydrogens (tertiary/aromatic N) is 1. The highest BCUT2D eigenvalue weighted by atomic mass is 14.8. The fourth-order valence-electron chi connectivity index (χ4n) is 4.79. The van der Waals surface area contributed by atoms with Gasteiger partial charge in [-0.25, -0.2) is 4.99 Å². The van der Waals surface area contributed by atoms with E-state index in [-0.39, 0.29) is 0 Å². The van der Waals surface area contributed by atoms with Crippen molar-refractivity contribution in [3.8, 4) is 11.1 Å². The molecular formula is C33H24N2. The highest BCUT2D eigenvalue weighted by molar-refractivity contribution is 6.17. The molecular weight excluding hydrogens is 424 g/mol. The van der Waals surface area contributed by atoms with E-state index in [1.54, 1.807) is 0 Å². The summed E-state index contributed by atoms with van der Waals surface area (Å²) in [5, 5.41) is 4.58. The van der Waals surface area contributed by atoms with Gasteiger partial charge < -0.3 is 5.73 Å². The van der Waals surface area contributed by atoms with Gasteiger partial charge in [0.25, 0.3) is 0 Å². The Morgan fingerprint density at radius 2 is 0.943 bits per heavy atom. The molecule has 0 aliphatic rings. The van der Waals surface area contributed by atoms with Crippen molar-refractivity contribution in [3.63, 3.8) is 0 Å². The number of fused-ring (bicyclic) bond motifs is 2. The van der Waals surface area contributed by atoms with Crippen molar-refractivity contribution >= 4 is 38.6 Å². The average molecular weight is 449 g/mol. The summed E-state index contributed by atoms with van der Waals surface area (Å²) < 4.78 is 0. The third kappa shape index (κ3) is 3.85. The lowest BCUT2D eigenvalue weighted by molar-refractivity contribution is 1.48. The van der Waals surface area contributed by atoms with E-state index in [1.807, 2.05) is 18.2 Å². The van der Waals surface area contributed by atoms with Crippen molar-refractivity contribution < 1.29 is 0 Å². The van der Waals surface area contributed by atoms with Gasteiger partial charge in [-0.3, -0.25) is 0 Å². The van der Waals surface area contributed by atoms with Crippen LogP contribution in [0.5, 0.6) is 0 Å². The second kappa shape index (κ2) is 8.92.